The molecule has 1 atom stereocenters. The van der Waals surface area contributed by atoms with Crippen molar-refractivity contribution in [2.75, 3.05) is 20.2 Å². The van der Waals surface area contributed by atoms with E-state index >= 15 is 0 Å². The molecule has 3 heterocycles. The lowest BCUT2D eigenvalue weighted by atomic mass is 10.3. The van der Waals surface area contributed by atoms with Crippen molar-refractivity contribution in [2.45, 2.75) is 12.5 Å². The number of carbonyl (C=O) groups is 1. The molecule has 2 N–H and O–H groups in total. The third kappa shape index (κ3) is 3.42. The van der Waals surface area contributed by atoms with Crippen LogP contribution in [0.25, 0.3) is 0 Å². The molecule has 10 heteroatoms. The van der Waals surface area contributed by atoms with Crippen LogP contribution in [0.1, 0.15) is 16.9 Å². The molecule has 1 saturated heterocycles. The predicted octanol–water partition coefficient (Wildman–Crippen LogP) is -0.845. The highest BCUT2D eigenvalue weighted by Crippen LogP contribution is 2.18. The zero-order chi connectivity index (χ0) is 17.1. The average molecular weight is 333 g/mol. The van der Waals surface area contributed by atoms with Gasteiger partial charge in [0.1, 0.15) is 11.8 Å². The van der Waals surface area contributed by atoms with Crippen LogP contribution in [0.2, 0.25) is 0 Å². The lowest BCUT2D eigenvalue weighted by Crippen LogP contribution is -2.34. The van der Waals surface area contributed by atoms with Crippen LogP contribution in [-0.4, -0.2) is 57.3 Å². The van der Waals surface area contributed by atoms with Crippen LogP contribution >= 0.6 is 0 Å². The Hall–Kier alpha value is -3.17. The number of H-pyrrole nitrogens is 2. The summed E-state index contributed by atoms with van der Waals surface area (Å²) in [6.07, 6.45) is 0.359. The van der Waals surface area contributed by atoms with Crippen molar-refractivity contribution in [3.8, 4) is 11.8 Å². The predicted molar refractivity (Wildman–Crippen MR) is 81.2 cm³/mol. The van der Waals surface area contributed by atoms with Crippen molar-refractivity contribution in [3.05, 3.63) is 44.7 Å². The van der Waals surface area contributed by atoms with Gasteiger partial charge in [0.05, 0.1) is 13.7 Å². The van der Waals surface area contributed by atoms with Gasteiger partial charge in [0.15, 0.2) is 0 Å². The smallest absolute Gasteiger partial charge is 0.326 e. The Morgan fingerprint density at radius 2 is 2.00 bits per heavy atom. The quantitative estimate of drug-likeness (QED) is 0.745. The normalized spacial score (nSPS) is 16.9. The van der Waals surface area contributed by atoms with E-state index in [1.54, 1.807) is 12.1 Å². The van der Waals surface area contributed by atoms with Gasteiger partial charge in [-0.05, 0) is 0 Å². The molecule has 24 heavy (non-hydrogen) atoms. The van der Waals surface area contributed by atoms with Crippen LogP contribution in [0, 0.1) is 0 Å². The van der Waals surface area contributed by atoms with Crippen molar-refractivity contribution < 1.29 is 14.3 Å². The van der Waals surface area contributed by atoms with E-state index in [9.17, 15) is 14.4 Å². The largest absolute Gasteiger partial charge is 0.480 e. The van der Waals surface area contributed by atoms with Gasteiger partial charge in [-0.3, -0.25) is 14.6 Å². The van der Waals surface area contributed by atoms with Crippen LogP contribution in [0.5, 0.6) is 11.8 Å². The lowest BCUT2D eigenvalue weighted by molar-refractivity contribution is 0.0764. The topological polar surface area (TPSA) is 130 Å². The number of nitrogens with one attached hydrogen (secondary N) is 2. The molecule has 0 spiro atoms. The minimum absolute atomic E-state index is 0.0476. The molecule has 0 aromatic carbocycles. The number of nitrogens with zero attached hydrogens (tertiary/aromatic N) is 3. The minimum atomic E-state index is -0.716. The van der Waals surface area contributed by atoms with Gasteiger partial charge >= 0.3 is 5.69 Å². The fourth-order valence-electron chi connectivity index (χ4n) is 2.41. The number of likely N-dealkylation sites (tertiary alicyclic amines) is 1. The van der Waals surface area contributed by atoms with E-state index in [1.165, 1.54) is 12.0 Å². The van der Waals surface area contributed by atoms with Gasteiger partial charge in [-0.2, -0.15) is 0 Å². The summed E-state index contributed by atoms with van der Waals surface area (Å²) >= 11 is 0. The van der Waals surface area contributed by atoms with E-state index in [2.05, 4.69) is 15.2 Å². The second kappa shape index (κ2) is 6.52. The first-order valence-electron chi connectivity index (χ1n) is 7.22. The van der Waals surface area contributed by atoms with Gasteiger partial charge < -0.3 is 19.4 Å². The summed E-state index contributed by atoms with van der Waals surface area (Å²) in [4.78, 5) is 40.7. The van der Waals surface area contributed by atoms with Gasteiger partial charge in [-0.15, -0.1) is 10.2 Å². The fourth-order valence-corrected chi connectivity index (χ4v) is 2.41. The Kier molecular flexibility index (Phi) is 4.27. The van der Waals surface area contributed by atoms with Crippen molar-refractivity contribution >= 4 is 5.91 Å². The Bertz CT molecular complexity index is 815. The van der Waals surface area contributed by atoms with E-state index < -0.39 is 17.2 Å². The minimum Gasteiger partial charge on any atom is -0.480 e. The number of carbonyl (C=O) groups excluding carboxylic acids is 1. The number of methoxy groups -OCH3 is 1. The first-order chi connectivity index (χ1) is 11.5. The molecule has 126 valence electrons. The number of amides is 1. The number of ether oxygens (including phenoxy) is 2. The molecule has 3 rings (SSSR count). The molecule has 1 unspecified atom stereocenters. The summed E-state index contributed by atoms with van der Waals surface area (Å²) in [5.74, 6) is 0.286. The monoisotopic (exact) mass is 333 g/mol. The molecule has 1 aliphatic rings. The van der Waals surface area contributed by atoms with Gasteiger partial charge in [0.25, 0.3) is 11.5 Å². The van der Waals surface area contributed by atoms with Gasteiger partial charge in [0, 0.05) is 31.2 Å². The maximum absolute atomic E-state index is 12.3. The number of hydrogen-bond donors (Lipinski definition) is 2. The maximum atomic E-state index is 12.3. The lowest BCUT2D eigenvalue weighted by Gasteiger charge is -2.16. The first-order valence-corrected chi connectivity index (χ1v) is 7.22. The molecule has 0 radical (unpaired) electrons. The third-order valence-electron chi connectivity index (χ3n) is 3.54. The van der Waals surface area contributed by atoms with Crippen LogP contribution in [0.15, 0.2) is 27.8 Å². The molecule has 2 aromatic rings. The highest BCUT2D eigenvalue weighted by molar-refractivity contribution is 5.92. The molecule has 10 nitrogen and oxygen atoms in total. The van der Waals surface area contributed by atoms with E-state index in [0.717, 1.165) is 6.07 Å². The number of rotatable bonds is 4. The van der Waals surface area contributed by atoms with Gasteiger partial charge in [-0.25, -0.2) is 4.79 Å². The number of aromatic amines is 2. The highest BCUT2D eigenvalue weighted by atomic mass is 16.5. The van der Waals surface area contributed by atoms with Crippen LogP contribution in [0.4, 0.5) is 0 Å². The van der Waals surface area contributed by atoms with Gasteiger partial charge in [-0.1, -0.05) is 0 Å². The van der Waals surface area contributed by atoms with Crippen molar-refractivity contribution in [2.24, 2.45) is 0 Å². The molecule has 0 aliphatic carbocycles. The van der Waals surface area contributed by atoms with Crippen LogP contribution in [0.3, 0.4) is 0 Å². The van der Waals surface area contributed by atoms with E-state index in [4.69, 9.17) is 9.47 Å². The van der Waals surface area contributed by atoms with Gasteiger partial charge in [0.2, 0.25) is 11.8 Å². The molecular weight excluding hydrogens is 318 g/mol. The Morgan fingerprint density at radius 1 is 1.25 bits per heavy atom. The second-order valence-corrected chi connectivity index (χ2v) is 5.20. The number of hydrogen-bond acceptors (Lipinski definition) is 7. The van der Waals surface area contributed by atoms with E-state index in [0.29, 0.717) is 31.3 Å². The summed E-state index contributed by atoms with van der Waals surface area (Å²) in [6, 6.07) is 4.32. The molecule has 1 aliphatic heterocycles. The van der Waals surface area contributed by atoms with E-state index in [1.807, 2.05) is 4.98 Å². The Balaban J connectivity index is 1.64. The molecular formula is C14H15N5O5. The molecule has 2 aromatic heterocycles. The summed E-state index contributed by atoms with van der Waals surface area (Å²) in [5.41, 5.74) is -1.39. The molecule has 1 fully saturated rings. The summed E-state index contributed by atoms with van der Waals surface area (Å²) < 4.78 is 10.6. The molecule has 0 saturated carbocycles. The Labute approximate surface area is 135 Å². The van der Waals surface area contributed by atoms with Crippen LogP contribution in [-0.2, 0) is 0 Å². The maximum Gasteiger partial charge on any atom is 0.326 e. The zero-order valence-corrected chi connectivity index (χ0v) is 12.8. The SMILES string of the molecule is COc1ccc(OC2CCN(C(=O)c3cc(=O)[nH]c(=O)[nH]3)C2)nn1. The summed E-state index contributed by atoms with van der Waals surface area (Å²) in [7, 11) is 1.49. The average Bonchev–Trinajstić information content (AvgIpc) is 3.02. The standard InChI is InChI=1S/C14H15N5O5/c1-23-11-2-3-12(18-17-11)24-8-4-5-19(7-8)13(21)9-6-10(20)16-14(22)15-9/h2-3,6,8H,4-5,7H2,1H3,(H2,15,16,20,22). The first kappa shape index (κ1) is 15.7. The van der Waals surface area contributed by atoms with Crippen molar-refractivity contribution in [1.82, 2.24) is 25.1 Å². The number of aromatic nitrogens is 4. The van der Waals surface area contributed by atoms with Crippen molar-refractivity contribution in [1.29, 1.82) is 0 Å². The fraction of sp³-hybridized carbons (Fsp3) is 0.357. The second-order valence-electron chi connectivity index (χ2n) is 5.20. The third-order valence-corrected chi connectivity index (χ3v) is 3.54. The highest BCUT2D eigenvalue weighted by Gasteiger charge is 2.29. The van der Waals surface area contributed by atoms with E-state index in [-0.39, 0.29) is 11.8 Å². The Morgan fingerprint density at radius 3 is 2.67 bits per heavy atom. The van der Waals surface area contributed by atoms with Crippen molar-refractivity contribution in [3.63, 3.8) is 0 Å². The zero-order valence-electron chi connectivity index (χ0n) is 12.8. The summed E-state index contributed by atoms with van der Waals surface area (Å²) in [6.45, 7) is 0.767. The van der Waals surface area contributed by atoms with Crippen LogP contribution < -0.4 is 20.7 Å². The summed E-state index contributed by atoms with van der Waals surface area (Å²) in [5, 5.41) is 7.68. The molecule has 0 bridgehead atoms. The molecule has 1 amide bonds.